The van der Waals surface area contributed by atoms with Crippen molar-refractivity contribution in [2.24, 2.45) is 0 Å². The quantitative estimate of drug-likeness (QED) is 0.824. The number of carbonyl (C=O) groups excluding carboxylic acids is 1. The standard InChI is InChI=1S/C10H15N3O2S/c1-2-8-9(16-12-11-8)10(15)13(5-6-14)7-3-4-7/h7,14H,2-6H2,1H3. The number of hydrogen-bond acceptors (Lipinski definition) is 5. The Bertz CT molecular complexity index is 376. The number of rotatable bonds is 5. The largest absolute Gasteiger partial charge is 0.395 e. The minimum absolute atomic E-state index is 0.00985. The summed E-state index contributed by atoms with van der Waals surface area (Å²) in [6, 6.07) is 0.312. The van der Waals surface area contributed by atoms with E-state index in [9.17, 15) is 4.79 Å². The molecule has 5 nitrogen and oxygen atoms in total. The summed E-state index contributed by atoms with van der Waals surface area (Å²) in [5, 5.41) is 12.9. The molecule has 0 spiro atoms. The third kappa shape index (κ3) is 2.22. The lowest BCUT2D eigenvalue weighted by molar-refractivity contribution is 0.0711. The van der Waals surface area contributed by atoms with Crippen molar-refractivity contribution in [1.82, 2.24) is 14.5 Å². The molecule has 0 aromatic carbocycles. The van der Waals surface area contributed by atoms with Crippen LogP contribution in [0.5, 0.6) is 0 Å². The molecule has 88 valence electrons. The highest BCUT2D eigenvalue weighted by Gasteiger charge is 2.34. The Hall–Kier alpha value is -1.01. The third-order valence-corrected chi connectivity index (χ3v) is 3.43. The first-order valence-electron chi connectivity index (χ1n) is 5.51. The molecule has 1 saturated carbocycles. The van der Waals surface area contributed by atoms with Gasteiger partial charge in [0.15, 0.2) is 0 Å². The molecule has 0 radical (unpaired) electrons. The van der Waals surface area contributed by atoms with Crippen LogP contribution in [-0.4, -0.2) is 44.7 Å². The Morgan fingerprint density at radius 2 is 2.38 bits per heavy atom. The summed E-state index contributed by atoms with van der Waals surface area (Å²) in [6.45, 7) is 2.38. The number of aliphatic hydroxyl groups excluding tert-OH is 1. The summed E-state index contributed by atoms with van der Waals surface area (Å²) >= 11 is 1.15. The van der Waals surface area contributed by atoms with E-state index in [0.717, 1.165) is 36.5 Å². The van der Waals surface area contributed by atoms with Crippen LogP contribution in [0.1, 0.15) is 35.1 Å². The molecule has 6 heteroatoms. The van der Waals surface area contributed by atoms with Crippen LogP contribution in [0.4, 0.5) is 0 Å². The van der Waals surface area contributed by atoms with Gasteiger partial charge < -0.3 is 10.0 Å². The highest BCUT2D eigenvalue weighted by atomic mass is 32.1. The normalized spacial score (nSPS) is 15.1. The van der Waals surface area contributed by atoms with E-state index in [0.29, 0.717) is 17.5 Å². The lowest BCUT2D eigenvalue weighted by Crippen LogP contribution is -2.35. The molecule has 1 amide bonds. The van der Waals surface area contributed by atoms with Crippen LogP contribution < -0.4 is 0 Å². The van der Waals surface area contributed by atoms with E-state index in [2.05, 4.69) is 9.59 Å². The Balaban J connectivity index is 2.15. The van der Waals surface area contributed by atoms with Crippen molar-refractivity contribution in [3.63, 3.8) is 0 Å². The lowest BCUT2D eigenvalue weighted by Gasteiger charge is -2.20. The monoisotopic (exact) mass is 241 g/mol. The Morgan fingerprint density at radius 1 is 1.62 bits per heavy atom. The predicted molar refractivity (Wildman–Crippen MR) is 60.4 cm³/mol. The van der Waals surface area contributed by atoms with Crippen LogP contribution in [0.2, 0.25) is 0 Å². The van der Waals surface area contributed by atoms with Gasteiger partial charge in [0.1, 0.15) is 4.88 Å². The number of amides is 1. The van der Waals surface area contributed by atoms with Crippen molar-refractivity contribution in [2.45, 2.75) is 32.2 Å². The van der Waals surface area contributed by atoms with Crippen molar-refractivity contribution in [3.8, 4) is 0 Å². The minimum atomic E-state index is -0.0246. The Morgan fingerprint density at radius 3 is 2.94 bits per heavy atom. The Labute approximate surface area is 98.2 Å². The molecule has 1 aliphatic carbocycles. The molecular weight excluding hydrogens is 226 g/mol. The second-order valence-corrected chi connectivity index (χ2v) is 4.61. The third-order valence-electron chi connectivity index (χ3n) is 2.67. The fourth-order valence-electron chi connectivity index (χ4n) is 1.68. The highest BCUT2D eigenvalue weighted by Crippen LogP contribution is 2.29. The van der Waals surface area contributed by atoms with Gasteiger partial charge in [-0.15, -0.1) is 5.10 Å². The van der Waals surface area contributed by atoms with Gasteiger partial charge in [-0.05, 0) is 30.8 Å². The van der Waals surface area contributed by atoms with Crippen molar-refractivity contribution in [3.05, 3.63) is 10.6 Å². The molecule has 1 heterocycles. The summed E-state index contributed by atoms with van der Waals surface area (Å²) in [5.74, 6) is -0.0246. The highest BCUT2D eigenvalue weighted by molar-refractivity contribution is 7.08. The molecule has 1 fully saturated rings. The van der Waals surface area contributed by atoms with Gasteiger partial charge in [0.2, 0.25) is 0 Å². The molecule has 1 aromatic rings. The molecule has 0 atom stereocenters. The maximum Gasteiger partial charge on any atom is 0.267 e. The minimum Gasteiger partial charge on any atom is -0.395 e. The van der Waals surface area contributed by atoms with Gasteiger partial charge in [-0.3, -0.25) is 4.79 Å². The second kappa shape index (κ2) is 4.88. The van der Waals surface area contributed by atoms with Gasteiger partial charge in [-0.1, -0.05) is 11.4 Å². The summed E-state index contributed by atoms with van der Waals surface area (Å²) in [5.41, 5.74) is 0.763. The zero-order valence-corrected chi connectivity index (χ0v) is 10.0. The number of carbonyl (C=O) groups is 1. The van der Waals surface area contributed by atoms with E-state index in [-0.39, 0.29) is 12.5 Å². The zero-order valence-electron chi connectivity index (χ0n) is 9.22. The van der Waals surface area contributed by atoms with E-state index >= 15 is 0 Å². The molecule has 2 rings (SSSR count). The van der Waals surface area contributed by atoms with Gasteiger partial charge in [0.05, 0.1) is 12.3 Å². The topological polar surface area (TPSA) is 66.3 Å². The SMILES string of the molecule is CCc1nnsc1C(=O)N(CCO)C1CC1. The van der Waals surface area contributed by atoms with Crippen LogP contribution >= 0.6 is 11.5 Å². The lowest BCUT2D eigenvalue weighted by atomic mass is 10.2. The average Bonchev–Trinajstić information content (AvgIpc) is 3.01. The van der Waals surface area contributed by atoms with E-state index in [4.69, 9.17) is 5.11 Å². The van der Waals surface area contributed by atoms with Gasteiger partial charge in [0, 0.05) is 12.6 Å². The summed E-state index contributed by atoms with van der Waals surface area (Å²) < 4.78 is 3.82. The first-order chi connectivity index (χ1) is 7.77. The molecule has 1 N–H and O–H groups in total. The summed E-state index contributed by atoms with van der Waals surface area (Å²) in [6.07, 6.45) is 2.80. The van der Waals surface area contributed by atoms with Gasteiger partial charge >= 0.3 is 0 Å². The average molecular weight is 241 g/mol. The molecule has 16 heavy (non-hydrogen) atoms. The van der Waals surface area contributed by atoms with Crippen molar-refractivity contribution in [1.29, 1.82) is 0 Å². The van der Waals surface area contributed by atoms with Gasteiger partial charge in [-0.2, -0.15) is 0 Å². The van der Waals surface area contributed by atoms with E-state index in [1.54, 1.807) is 4.90 Å². The van der Waals surface area contributed by atoms with Crippen molar-refractivity contribution >= 4 is 17.4 Å². The summed E-state index contributed by atoms with van der Waals surface area (Å²) in [7, 11) is 0. The number of aryl methyl sites for hydroxylation is 1. The van der Waals surface area contributed by atoms with Crippen molar-refractivity contribution < 1.29 is 9.90 Å². The van der Waals surface area contributed by atoms with Gasteiger partial charge in [-0.25, -0.2) is 0 Å². The number of hydrogen-bond donors (Lipinski definition) is 1. The molecule has 0 saturated heterocycles. The first kappa shape index (κ1) is 11.5. The van der Waals surface area contributed by atoms with Crippen LogP contribution in [-0.2, 0) is 6.42 Å². The first-order valence-corrected chi connectivity index (χ1v) is 6.28. The fourth-order valence-corrected chi connectivity index (χ4v) is 2.38. The summed E-state index contributed by atoms with van der Waals surface area (Å²) in [4.78, 5) is 14.6. The Kier molecular flexibility index (Phi) is 3.50. The maximum atomic E-state index is 12.2. The van der Waals surface area contributed by atoms with Crippen molar-refractivity contribution in [2.75, 3.05) is 13.2 Å². The number of nitrogens with zero attached hydrogens (tertiary/aromatic N) is 3. The van der Waals surface area contributed by atoms with Gasteiger partial charge in [0.25, 0.3) is 5.91 Å². The maximum absolute atomic E-state index is 12.2. The molecule has 1 aliphatic rings. The number of aliphatic hydroxyl groups is 1. The fraction of sp³-hybridized carbons (Fsp3) is 0.700. The van der Waals surface area contributed by atoms with E-state index in [1.165, 1.54) is 0 Å². The number of aromatic nitrogens is 2. The van der Waals surface area contributed by atoms with Crippen LogP contribution in [0.25, 0.3) is 0 Å². The molecule has 0 aliphatic heterocycles. The molecule has 1 aromatic heterocycles. The molecule has 0 unspecified atom stereocenters. The molecule has 0 bridgehead atoms. The van der Waals surface area contributed by atoms with Crippen LogP contribution in [0.15, 0.2) is 0 Å². The van der Waals surface area contributed by atoms with Crippen LogP contribution in [0, 0.1) is 0 Å². The second-order valence-electron chi connectivity index (χ2n) is 3.86. The smallest absolute Gasteiger partial charge is 0.267 e. The van der Waals surface area contributed by atoms with E-state index in [1.807, 2.05) is 6.92 Å². The predicted octanol–water partition coefficient (Wildman–Crippen LogP) is 0.697. The van der Waals surface area contributed by atoms with Crippen LogP contribution in [0.3, 0.4) is 0 Å². The zero-order chi connectivity index (χ0) is 11.5. The molecular formula is C10H15N3O2S. The van der Waals surface area contributed by atoms with E-state index < -0.39 is 0 Å².